The number of alkyl halides is 3. The third-order valence-electron chi connectivity index (χ3n) is 1.51. The summed E-state index contributed by atoms with van der Waals surface area (Å²) in [6, 6.07) is 3.57. The van der Waals surface area contributed by atoms with Crippen LogP contribution in [-0.4, -0.2) is 11.2 Å². The van der Waals surface area contributed by atoms with Gasteiger partial charge in [-0.05, 0) is 18.2 Å². The summed E-state index contributed by atoms with van der Waals surface area (Å²) in [6.07, 6.45) is -4.52. The summed E-state index contributed by atoms with van der Waals surface area (Å²) in [6.45, 7) is 0. The third-order valence-corrected chi connectivity index (χ3v) is 1.51. The molecule has 0 radical (unpaired) electrons. The minimum Gasteiger partial charge on any atom is -0.296 e. The Labute approximate surface area is 76.7 Å². The number of hydrogen-bond donors (Lipinski definition) is 1. The van der Waals surface area contributed by atoms with Crippen LogP contribution in [0.25, 0.3) is 0 Å². The van der Waals surface area contributed by atoms with E-state index in [-0.39, 0.29) is 5.56 Å². The standard InChI is InChI=1S/C8H5F3O3/c9-8(10,11)6-3-1-2-5(4-6)7(12)14-13/h1-4,13H. The third kappa shape index (κ3) is 2.23. The molecule has 14 heavy (non-hydrogen) atoms. The summed E-state index contributed by atoms with van der Waals surface area (Å²) in [5.74, 6) is -1.23. The fourth-order valence-electron chi connectivity index (χ4n) is 0.875. The molecule has 1 N–H and O–H groups in total. The van der Waals surface area contributed by atoms with Gasteiger partial charge in [-0.2, -0.15) is 18.4 Å². The first kappa shape index (κ1) is 10.5. The Bertz CT molecular complexity index is 346. The second-order valence-corrected chi connectivity index (χ2v) is 2.46. The van der Waals surface area contributed by atoms with Gasteiger partial charge in [0.05, 0.1) is 11.1 Å². The zero-order valence-corrected chi connectivity index (χ0v) is 6.71. The van der Waals surface area contributed by atoms with Crippen LogP contribution in [0.4, 0.5) is 13.2 Å². The zero-order chi connectivity index (χ0) is 10.8. The average Bonchev–Trinajstić information content (AvgIpc) is 2.15. The summed E-state index contributed by atoms with van der Waals surface area (Å²) in [4.78, 5) is 14.0. The summed E-state index contributed by atoms with van der Waals surface area (Å²) in [7, 11) is 0. The van der Waals surface area contributed by atoms with Crippen LogP contribution in [0.3, 0.4) is 0 Å². The molecule has 0 atom stereocenters. The van der Waals surface area contributed by atoms with Crippen molar-refractivity contribution in [2.24, 2.45) is 0 Å². The highest BCUT2D eigenvalue weighted by molar-refractivity contribution is 5.89. The first-order chi connectivity index (χ1) is 6.45. The molecule has 1 rings (SSSR count). The largest absolute Gasteiger partial charge is 0.416 e. The SMILES string of the molecule is O=C(OO)c1cccc(C(F)(F)F)c1. The predicted octanol–water partition coefficient (Wildman–Crippen LogP) is 2.34. The summed E-state index contributed by atoms with van der Waals surface area (Å²) in [5.41, 5.74) is -1.33. The molecule has 0 aromatic heterocycles. The fourth-order valence-corrected chi connectivity index (χ4v) is 0.875. The molecule has 0 heterocycles. The highest BCUT2D eigenvalue weighted by Gasteiger charge is 2.31. The second-order valence-electron chi connectivity index (χ2n) is 2.46. The highest BCUT2D eigenvalue weighted by Crippen LogP contribution is 2.29. The van der Waals surface area contributed by atoms with Crippen LogP contribution < -0.4 is 0 Å². The Morgan fingerprint density at radius 3 is 2.50 bits per heavy atom. The van der Waals surface area contributed by atoms with Gasteiger partial charge in [-0.25, -0.2) is 4.79 Å². The molecule has 0 aliphatic heterocycles. The van der Waals surface area contributed by atoms with Crippen molar-refractivity contribution in [3.05, 3.63) is 35.4 Å². The van der Waals surface area contributed by atoms with Crippen molar-refractivity contribution in [1.82, 2.24) is 0 Å². The van der Waals surface area contributed by atoms with E-state index >= 15 is 0 Å². The van der Waals surface area contributed by atoms with Crippen molar-refractivity contribution in [3.8, 4) is 0 Å². The first-order valence-electron chi connectivity index (χ1n) is 3.48. The number of benzene rings is 1. The lowest BCUT2D eigenvalue weighted by Gasteiger charge is -2.06. The van der Waals surface area contributed by atoms with Crippen LogP contribution in [0.2, 0.25) is 0 Å². The molecule has 0 unspecified atom stereocenters. The zero-order valence-electron chi connectivity index (χ0n) is 6.71. The van der Waals surface area contributed by atoms with Crippen molar-refractivity contribution < 1.29 is 28.1 Å². The maximum absolute atomic E-state index is 12.1. The number of hydrogen-bond acceptors (Lipinski definition) is 3. The van der Waals surface area contributed by atoms with Crippen LogP contribution in [0.5, 0.6) is 0 Å². The van der Waals surface area contributed by atoms with Gasteiger partial charge in [0.1, 0.15) is 0 Å². The molecule has 0 fully saturated rings. The van der Waals surface area contributed by atoms with Crippen LogP contribution in [-0.2, 0) is 11.1 Å². The van der Waals surface area contributed by atoms with E-state index in [0.29, 0.717) is 6.07 Å². The van der Waals surface area contributed by atoms with E-state index in [4.69, 9.17) is 5.26 Å². The molecule has 0 amide bonds. The maximum Gasteiger partial charge on any atom is 0.416 e. The van der Waals surface area contributed by atoms with E-state index in [1.165, 1.54) is 0 Å². The molecule has 1 aromatic carbocycles. The van der Waals surface area contributed by atoms with Gasteiger partial charge in [0.2, 0.25) is 0 Å². The quantitative estimate of drug-likeness (QED) is 0.566. The van der Waals surface area contributed by atoms with Crippen molar-refractivity contribution in [3.63, 3.8) is 0 Å². The van der Waals surface area contributed by atoms with Crippen molar-refractivity contribution in [2.45, 2.75) is 6.18 Å². The van der Waals surface area contributed by atoms with Gasteiger partial charge in [0, 0.05) is 0 Å². The van der Waals surface area contributed by atoms with Crippen molar-refractivity contribution >= 4 is 5.97 Å². The van der Waals surface area contributed by atoms with Crippen LogP contribution in [0, 0.1) is 0 Å². The monoisotopic (exact) mass is 206 g/mol. The van der Waals surface area contributed by atoms with E-state index in [2.05, 4.69) is 4.89 Å². The minimum atomic E-state index is -4.52. The second kappa shape index (κ2) is 3.67. The molecule has 0 bridgehead atoms. The molecule has 0 aliphatic carbocycles. The first-order valence-corrected chi connectivity index (χ1v) is 3.48. The summed E-state index contributed by atoms with van der Waals surface area (Å²) in [5, 5.41) is 7.95. The van der Waals surface area contributed by atoms with Gasteiger partial charge >= 0.3 is 12.1 Å². The average molecular weight is 206 g/mol. The van der Waals surface area contributed by atoms with E-state index in [1.807, 2.05) is 0 Å². The minimum absolute atomic E-state index is 0.359. The molecule has 0 aliphatic rings. The van der Waals surface area contributed by atoms with E-state index in [1.54, 1.807) is 0 Å². The molecule has 1 aromatic rings. The number of carbonyl (C=O) groups excluding carboxylic acids is 1. The summed E-state index contributed by atoms with van der Waals surface area (Å²) >= 11 is 0. The van der Waals surface area contributed by atoms with Gasteiger partial charge in [0.15, 0.2) is 0 Å². The van der Waals surface area contributed by atoms with Crippen molar-refractivity contribution in [1.29, 1.82) is 0 Å². The Morgan fingerprint density at radius 2 is 2.00 bits per heavy atom. The Kier molecular flexibility index (Phi) is 2.76. The van der Waals surface area contributed by atoms with Gasteiger partial charge in [-0.3, -0.25) is 4.89 Å². The van der Waals surface area contributed by atoms with Gasteiger partial charge < -0.3 is 0 Å². The van der Waals surface area contributed by atoms with E-state index in [0.717, 1.165) is 18.2 Å². The number of halogens is 3. The predicted molar refractivity (Wildman–Crippen MR) is 39.5 cm³/mol. The smallest absolute Gasteiger partial charge is 0.296 e. The molecular formula is C8H5F3O3. The molecule has 0 spiro atoms. The lowest BCUT2D eigenvalue weighted by atomic mass is 10.1. The lowest BCUT2D eigenvalue weighted by molar-refractivity contribution is -0.182. The molecule has 0 saturated carbocycles. The van der Waals surface area contributed by atoms with Gasteiger partial charge in [-0.15, -0.1) is 0 Å². The maximum atomic E-state index is 12.1. The number of carbonyl (C=O) groups is 1. The molecule has 76 valence electrons. The Hall–Kier alpha value is -1.56. The van der Waals surface area contributed by atoms with Crippen molar-refractivity contribution in [2.75, 3.05) is 0 Å². The van der Waals surface area contributed by atoms with Gasteiger partial charge in [-0.1, -0.05) is 6.07 Å². The van der Waals surface area contributed by atoms with E-state index in [9.17, 15) is 18.0 Å². The molecule has 3 nitrogen and oxygen atoms in total. The lowest BCUT2D eigenvalue weighted by Crippen LogP contribution is -2.08. The van der Waals surface area contributed by atoms with Gasteiger partial charge in [0.25, 0.3) is 0 Å². The highest BCUT2D eigenvalue weighted by atomic mass is 19.4. The topological polar surface area (TPSA) is 46.5 Å². The normalized spacial score (nSPS) is 11.1. The molecular weight excluding hydrogens is 201 g/mol. The van der Waals surface area contributed by atoms with Crippen LogP contribution in [0.15, 0.2) is 24.3 Å². The fraction of sp³-hybridized carbons (Fsp3) is 0.125. The van der Waals surface area contributed by atoms with Crippen LogP contribution in [0.1, 0.15) is 15.9 Å². The molecule has 0 saturated heterocycles. The Morgan fingerprint density at radius 1 is 1.36 bits per heavy atom. The Balaban J connectivity index is 3.08. The molecule has 6 heteroatoms. The number of rotatable bonds is 1. The summed E-state index contributed by atoms with van der Waals surface area (Å²) < 4.78 is 36.4. The van der Waals surface area contributed by atoms with E-state index < -0.39 is 17.7 Å². The van der Waals surface area contributed by atoms with Crippen LogP contribution >= 0.6 is 0 Å².